The fraction of sp³-hybridized carbons (Fsp3) is 0.643. The SMILES string of the molecule is CNC(=O)CN1CCO[C@H]2CN(Cc3cccs3)C[C@H]21. The van der Waals surface area contributed by atoms with Crippen molar-refractivity contribution in [3.05, 3.63) is 22.4 Å². The van der Waals surface area contributed by atoms with Gasteiger partial charge in [-0.05, 0) is 11.4 Å². The summed E-state index contributed by atoms with van der Waals surface area (Å²) in [6.45, 7) is 4.99. The Morgan fingerprint density at radius 2 is 2.45 bits per heavy atom. The van der Waals surface area contributed by atoms with Gasteiger partial charge in [-0.3, -0.25) is 14.6 Å². The van der Waals surface area contributed by atoms with E-state index in [0.717, 1.165) is 32.8 Å². The minimum Gasteiger partial charge on any atom is -0.374 e. The van der Waals surface area contributed by atoms with Gasteiger partial charge < -0.3 is 10.1 Å². The number of ether oxygens (including phenoxy) is 1. The van der Waals surface area contributed by atoms with Crippen molar-refractivity contribution in [3.8, 4) is 0 Å². The Hall–Kier alpha value is -0.950. The number of amides is 1. The van der Waals surface area contributed by atoms with E-state index < -0.39 is 0 Å². The topological polar surface area (TPSA) is 44.8 Å². The molecule has 3 rings (SSSR count). The van der Waals surface area contributed by atoms with Crippen molar-refractivity contribution in [2.75, 3.05) is 39.8 Å². The molecule has 0 aliphatic carbocycles. The lowest BCUT2D eigenvalue weighted by molar-refractivity contribution is -0.125. The molecule has 0 radical (unpaired) electrons. The Bertz CT molecular complexity index is 451. The molecule has 20 heavy (non-hydrogen) atoms. The first kappa shape index (κ1) is 14.0. The maximum atomic E-state index is 11.6. The van der Waals surface area contributed by atoms with Gasteiger partial charge >= 0.3 is 0 Å². The lowest BCUT2D eigenvalue weighted by Gasteiger charge is -2.36. The molecule has 0 aromatic carbocycles. The van der Waals surface area contributed by atoms with Crippen LogP contribution < -0.4 is 5.32 Å². The second-order valence-electron chi connectivity index (χ2n) is 5.39. The summed E-state index contributed by atoms with van der Waals surface area (Å²) < 4.78 is 5.89. The lowest BCUT2D eigenvalue weighted by atomic mass is 10.1. The summed E-state index contributed by atoms with van der Waals surface area (Å²) >= 11 is 1.80. The lowest BCUT2D eigenvalue weighted by Crippen LogP contribution is -2.53. The molecule has 2 aliphatic heterocycles. The zero-order chi connectivity index (χ0) is 13.9. The number of thiophene rings is 1. The molecular formula is C14H21N3O2S. The molecule has 1 N–H and O–H groups in total. The molecule has 2 fully saturated rings. The maximum Gasteiger partial charge on any atom is 0.233 e. The Kier molecular flexibility index (Phi) is 4.35. The Morgan fingerprint density at radius 1 is 1.55 bits per heavy atom. The molecule has 1 aromatic heterocycles. The van der Waals surface area contributed by atoms with Gasteiger partial charge in [0, 0.05) is 38.1 Å². The monoisotopic (exact) mass is 295 g/mol. The van der Waals surface area contributed by atoms with Crippen molar-refractivity contribution >= 4 is 17.2 Å². The van der Waals surface area contributed by atoms with Crippen molar-refractivity contribution < 1.29 is 9.53 Å². The number of nitrogens with zero attached hydrogens (tertiary/aromatic N) is 2. The molecule has 1 amide bonds. The molecular weight excluding hydrogens is 274 g/mol. The first-order chi connectivity index (χ1) is 9.76. The van der Waals surface area contributed by atoms with Crippen LogP contribution in [0.15, 0.2) is 17.5 Å². The van der Waals surface area contributed by atoms with Crippen molar-refractivity contribution in [1.29, 1.82) is 0 Å². The van der Waals surface area contributed by atoms with E-state index in [-0.39, 0.29) is 12.0 Å². The number of carbonyl (C=O) groups is 1. The van der Waals surface area contributed by atoms with E-state index in [2.05, 4.69) is 32.6 Å². The summed E-state index contributed by atoms with van der Waals surface area (Å²) in [6, 6.07) is 4.62. The first-order valence-corrected chi connectivity index (χ1v) is 7.95. The van der Waals surface area contributed by atoms with Crippen molar-refractivity contribution in [1.82, 2.24) is 15.1 Å². The standard InChI is InChI=1S/C14H21N3O2S/c1-15-14(18)10-17-4-5-19-13-9-16(8-12(13)17)7-11-3-2-6-20-11/h2-3,6,12-13H,4-5,7-10H2,1H3,(H,15,18)/t12-,13+/m1/s1. The molecule has 5 nitrogen and oxygen atoms in total. The summed E-state index contributed by atoms with van der Waals surface area (Å²) in [5.74, 6) is 0.0855. The minimum atomic E-state index is 0.0855. The molecule has 110 valence electrons. The number of hydrogen-bond donors (Lipinski definition) is 1. The second kappa shape index (κ2) is 6.22. The third-order valence-corrected chi connectivity index (χ3v) is 4.94. The number of fused-ring (bicyclic) bond motifs is 1. The van der Waals surface area contributed by atoms with Gasteiger partial charge in [0.25, 0.3) is 0 Å². The van der Waals surface area contributed by atoms with Crippen LogP contribution >= 0.6 is 11.3 Å². The van der Waals surface area contributed by atoms with Gasteiger partial charge in [0.2, 0.25) is 5.91 Å². The van der Waals surface area contributed by atoms with E-state index in [1.54, 1.807) is 18.4 Å². The van der Waals surface area contributed by atoms with Crippen LogP contribution in [0.5, 0.6) is 0 Å². The fourth-order valence-corrected chi connectivity index (χ4v) is 3.79. The Morgan fingerprint density at radius 3 is 3.20 bits per heavy atom. The number of rotatable bonds is 4. The first-order valence-electron chi connectivity index (χ1n) is 7.07. The van der Waals surface area contributed by atoms with Gasteiger partial charge in [0.1, 0.15) is 0 Å². The highest BCUT2D eigenvalue weighted by molar-refractivity contribution is 7.09. The zero-order valence-electron chi connectivity index (χ0n) is 11.7. The third-order valence-electron chi connectivity index (χ3n) is 4.08. The number of likely N-dealkylation sites (N-methyl/N-ethyl adjacent to an activating group) is 1. The fourth-order valence-electron chi connectivity index (χ4n) is 3.05. The van der Waals surface area contributed by atoms with E-state index in [1.165, 1.54) is 4.88 Å². The molecule has 2 aliphatic rings. The summed E-state index contributed by atoms with van der Waals surface area (Å²) in [7, 11) is 1.69. The van der Waals surface area contributed by atoms with Crippen LogP contribution in [0.1, 0.15) is 4.88 Å². The molecule has 0 unspecified atom stereocenters. The van der Waals surface area contributed by atoms with Crippen molar-refractivity contribution in [2.24, 2.45) is 0 Å². The van der Waals surface area contributed by atoms with Crippen LogP contribution in [0, 0.1) is 0 Å². The molecule has 2 atom stereocenters. The van der Waals surface area contributed by atoms with Gasteiger partial charge in [-0.15, -0.1) is 11.3 Å². The molecule has 1 aromatic rings. The van der Waals surface area contributed by atoms with E-state index in [4.69, 9.17) is 4.74 Å². The molecule has 2 saturated heterocycles. The quantitative estimate of drug-likeness (QED) is 0.872. The van der Waals surface area contributed by atoms with Crippen LogP contribution in [-0.4, -0.2) is 67.7 Å². The molecule has 0 bridgehead atoms. The molecule has 3 heterocycles. The molecule has 6 heteroatoms. The summed E-state index contributed by atoms with van der Waals surface area (Å²) in [5, 5.41) is 4.82. The van der Waals surface area contributed by atoms with Gasteiger partial charge in [-0.2, -0.15) is 0 Å². The minimum absolute atomic E-state index is 0.0855. The highest BCUT2D eigenvalue weighted by Crippen LogP contribution is 2.25. The van der Waals surface area contributed by atoms with E-state index >= 15 is 0 Å². The number of hydrogen-bond acceptors (Lipinski definition) is 5. The van der Waals surface area contributed by atoms with Crippen LogP contribution in [-0.2, 0) is 16.1 Å². The predicted octanol–water partition coefficient (Wildman–Crippen LogP) is 0.379. The van der Waals surface area contributed by atoms with Crippen molar-refractivity contribution in [2.45, 2.75) is 18.7 Å². The summed E-state index contributed by atoms with van der Waals surface area (Å²) in [5.41, 5.74) is 0. The largest absolute Gasteiger partial charge is 0.374 e. The Labute approximate surface area is 123 Å². The highest BCUT2D eigenvalue weighted by atomic mass is 32.1. The van der Waals surface area contributed by atoms with Crippen molar-refractivity contribution in [3.63, 3.8) is 0 Å². The number of carbonyl (C=O) groups excluding carboxylic acids is 1. The van der Waals surface area contributed by atoms with Gasteiger partial charge in [0.05, 0.1) is 25.3 Å². The molecule has 0 spiro atoms. The number of nitrogens with one attached hydrogen (secondary N) is 1. The third kappa shape index (κ3) is 3.03. The number of morpholine rings is 1. The average Bonchev–Trinajstić information content (AvgIpc) is 3.08. The number of likely N-dealkylation sites (tertiary alicyclic amines) is 1. The normalized spacial score (nSPS) is 27.4. The second-order valence-corrected chi connectivity index (χ2v) is 6.43. The zero-order valence-corrected chi connectivity index (χ0v) is 12.6. The van der Waals surface area contributed by atoms with Crippen LogP contribution in [0.4, 0.5) is 0 Å². The maximum absolute atomic E-state index is 11.6. The molecule has 0 saturated carbocycles. The van der Waals surface area contributed by atoms with E-state index in [0.29, 0.717) is 12.6 Å². The summed E-state index contributed by atoms with van der Waals surface area (Å²) in [6.07, 6.45) is 0.244. The predicted molar refractivity (Wildman–Crippen MR) is 78.8 cm³/mol. The van der Waals surface area contributed by atoms with Gasteiger partial charge in [-0.25, -0.2) is 0 Å². The average molecular weight is 295 g/mol. The summed E-state index contributed by atoms with van der Waals surface area (Å²) in [4.78, 5) is 17.7. The van der Waals surface area contributed by atoms with Gasteiger partial charge in [0.15, 0.2) is 0 Å². The van der Waals surface area contributed by atoms with Gasteiger partial charge in [-0.1, -0.05) is 6.07 Å². The van der Waals surface area contributed by atoms with E-state index in [9.17, 15) is 4.79 Å². The van der Waals surface area contributed by atoms with Crippen LogP contribution in [0.2, 0.25) is 0 Å². The van der Waals surface area contributed by atoms with E-state index in [1.807, 2.05) is 0 Å². The van der Waals surface area contributed by atoms with Crippen LogP contribution in [0.25, 0.3) is 0 Å². The smallest absolute Gasteiger partial charge is 0.233 e. The highest BCUT2D eigenvalue weighted by Gasteiger charge is 2.40. The Balaban J connectivity index is 1.61. The van der Waals surface area contributed by atoms with Crippen LogP contribution in [0.3, 0.4) is 0 Å².